The minimum absolute atomic E-state index is 0.0424. The molecule has 0 bridgehead atoms. The predicted octanol–water partition coefficient (Wildman–Crippen LogP) is 2.94. The van der Waals surface area contributed by atoms with Crippen molar-refractivity contribution in [3.05, 3.63) is 59.7 Å². The van der Waals surface area contributed by atoms with E-state index >= 15 is 0 Å². The molecular weight excluding hydrogens is 368 g/mol. The topological polar surface area (TPSA) is 67.9 Å². The number of ether oxygens (including phenoxy) is 2. The lowest BCUT2D eigenvalue weighted by Crippen LogP contribution is -2.48. The Balaban J connectivity index is 1.72. The van der Waals surface area contributed by atoms with E-state index in [2.05, 4.69) is 5.32 Å². The van der Waals surface area contributed by atoms with Crippen LogP contribution in [0.5, 0.6) is 11.5 Å². The molecule has 1 N–H and O–H groups in total. The lowest BCUT2D eigenvalue weighted by molar-refractivity contribution is -0.141. The molecule has 0 aliphatic carbocycles. The van der Waals surface area contributed by atoms with Gasteiger partial charge in [0.05, 0.1) is 0 Å². The minimum Gasteiger partial charge on any atom is -0.486 e. The maximum absolute atomic E-state index is 13.1. The van der Waals surface area contributed by atoms with E-state index in [9.17, 15) is 9.59 Å². The van der Waals surface area contributed by atoms with Crippen molar-refractivity contribution in [1.29, 1.82) is 0 Å². The van der Waals surface area contributed by atoms with Crippen molar-refractivity contribution in [1.82, 2.24) is 10.2 Å². The van der Waals surface area contributed by atoms with E-state index in [0.29, 0.717) is 39.0 Å². The number of carbonyl (C=O) groups is 2. The maximum atomic E-state index is 13.1. The van der Waals surface area contributed by atoms with Crippen LogP contribution in [-0.4, -0.2) is 43.0 Å². The number of nitrogens with one attached hydrogen (secondary N) is 1. The average Bonchev–Trinajstić information content (AvgIpc) is 2.77. The Morgan fingerprint density at radius 2 is 1.76 bits per heavy atom. The highest BCUT2D eigenvalue weighted by Gasteiger charge is 2.27. The van der Waals surface area contributed by atoms with Crippen LogP contribution < -0.4 is 14.8 Å². The van der Waals surface area contributed by atoms with Gasteiger partial charge in [-0.2, -0.15) is 0 Å². The quantitative estimate of drug-likeness (QED) is 0.745. The number of aryl methyl sites for hydroxylation is 1. The van der Waals surface area contributed by atoms with Crippen molar-refractivity contribution in [2.24, 2.45) is 0 Å². The van der Waals surface area contributed by atoms with E-state index in [0.717, 1.165) is 22.6 Å². The number of rotatable bonds is 8. The first kappa shape index (κ1) is 20.7. The number of likely N-dealkylation sites (N-methyl/N-ethyl adjacent to an activating group) is 1. The SMILES string of the molecule is CC[C@@H](C(=O)NC)N(Cc1ccccc1)C(=O)CCc1ccc2c(c1)OCCO2. The first-order chi connectivity index (χ1) is 14.1. The third-order valence-electron chi connectivity index (χ3n) is 5.06. The molecule has 2 aromatic rings. The summed E-state index contributed by atoms with van der Waals surface area (Å²) in [6.07, 6.45) is 1.45. The molecule has 0 radical (unpaired) electrons. The Bertz CT molecular complexity index is 838. The van der Waals surface area contributed by atoms with Gasteiger partial charge in [0.1, 0.15) is 19.3 Å². The molecule has 0 fully saturated rings. The molecule has 2 amide bonds. The highest BCUT2D eigenvalue weighted by Crippen LogP contribution is 2.31. The molecule has 0 aromatic heterocycles. The third kappa shape index (κ3) is 5.28. The Labute approximate surface area is 171 Å². The van der Waals surface area contributed by atoms with Crippen LogP contribution in [0.1, 0.15) is 30.9 Å². The molecule has 0 saturated heterocycles. The van der Waals surface area contributed by atoms with Crippen LogP contribution in [0.25, 0.3) is 0 Å². The van der Waals surface area contributed by atoms with E-state index in [4.69, 9.17) is 9.47 Å². The molecule has 6 heteroatoms. The van der Waals surface area contributed by atoms with Gasteiger partial charge in [-0.05, 0) is 36.1 Å². The van der Waals surface area contributed by atoms with Gasteiger partial charge >= 0.3 is 0 Å². The predicted molar refractivity (Wildman–Crippen MR) is 111 cm³/mol. The number of fused-ring (bicyclic) bond motifs is 1. The summed E-state index contributed by atoms with van der Waals surface area (Å²) in [4.78, 5) is 27.2. The molecule has 0 spiro atoms. The van der Waals surface area contributed by atoms with E-state index in [1.807, 2.05) is 55.5 Å². The van der Waals surface area contributed by atoms with Crippen LogP contribution in [0.15, 0.2) is 48.5 Å². The fourth-order valence-electron chi connectivity index (χ4n) is 3.50. The normalized spacial score (nSPS) is 13.4. The van der Waals surface area contributed by atoms with Crippen molar-refractivity contribution < 1.29 is 19.1 Å². The van der Waals surface area contributed by atoms with Crippen molar-refractivity contribution >= 4 is 11.8 Å². The van der Waals surface area contributed by atoms with Crippen LogP contribution in [0.4, 0.5) is 0 Å². The fourth-order valence-corrected chi connectivity index (χ4v) is 3.50. The van der Waals surface area contributed by atoms with Gasteiger partial charge in [0, 0.05) is 20.0 Å². The largest absolute Gasteiger partial charge is 0.486 e. The first-order valence-corrected chi connectivity index (χ1v) is 10.1. The second-order valence-corrected chi connectivity index (χ2v) is 7.02. The molecule has 1 aliphatic rings. The van der Waals surface area contributed by atoms with Gasteiger partial charge in [-0.25, -0.2) is 0 Å². The summed E-state index contributed by atoms with van der Waals surface area (Å²) < 4.78 is 11.2. The molecule has 0 saturated carbocycles. The van der Waals surface area contributed by atoms with Crippen molar-refractivity contribution in [3.8, 4) is 11.5 Å². The number of hydrogen-bond acceptors (Lipinski definition) is 4. The molecule has 6 nitrogen and oxygen atoms in total. The van der Waals surface area contributed by atoms with Gasteiger partial charge < -0.3 is 19.7 Å². The van der Waals surface area contributed by atoms with Crippen molar-refractivity contribution in [3.63, 3.8) is 0 Å². The van der Waals surface area contributed by atoms with Gasteiger partial charge in [-0.1, -0.05) is 43.3 Å². The van der Waals surface area contributed by atoms with Crippen molar-refractivity contribution in [2.45, 2.75) is 38.8 Å². The van der Waals surface area contributed by atoms with Crippen molar-refractivity contribution in [2.75, 3.05) is 20.3 Å². The third-order valence-corrected chi connectivity index (χ3v) is 5.06. The monoisotopic (exact) mass is 396 g/mol. The molecular formula is C23H28N2O4. The molecule has 0 unspecified atom stereocenters. The standard InChI is InChI=1S/C23H28N2O4/c1-3-19(23(27)24-2)25(16-18-7-5-4-6-8-18)22(26)12-10-17-9-11-20-21(15-17)29-14-13-28-20/h4-9,11,15,19H,3,10,12-14,16H2,1-2H3,(H,24,27)/t19-/m0/s1. The molecule has 29 heavy (non-hydrogen) atoms. The summed E-state index contributed by atoms with van der Waals surface area (Å²) in [6, 6.07) is 15.0. The Morgan fingerprint density at radius 1 is 1.03 bits per heavy atom. The van der Waals surface area contributed by atoms with Crippen LogP contribution in [0.2, 0.25) is 0 Å². The number of carbonyl (C=O) groups excluding carboxylic acids is 2. The summed E-state index contributed by atoms with van der Waals surface area (Å²) in [5.41, 5.74) is 2.01. The summed E-state index contributed by atoms with van der Waals surface area (Å²) in [5.74, 6) is 1.28. The van der Waals surface area contributed by atoms with E-state index < -0.39 is 6.04 Å². The highest BCUT2D eigenvalue weighted by atomic mass is 16.6. The number of amides is 2. The molecule has 1 aliphatic heterocycles. The lowest BCUT2D eigenvalue weighted by Gasteiger charge is -2.30. The zero-order valence-corrected chi connectivity index (χ0v) is 17.0. The van der Waals surface area contributed by atoms with Crippen LogP contribution in [0.3, 0.4) is 0 Å². The number of hydrogen-bond donors (Lipinski definition) is 1. The Kier molecular flexibility index (Phi) is 7.11. The average molecular weight is 396 g/mol. The smallest absolute Gasteiger partial charge is 0.242 e. The lowest BCUT2D eigenvalue weighted by atomic mass is 10.1. The Hall–Kier alpha value is -3.02. The number of benzene rings is 2. The zero-order valence-electron chi connectivity index (χ0n) is 17.0. The van der Waals surface area contributed by atoms with Gasteiger partial charge in [0.2, 0.25) is 11.8 Å². The minimum atomic E-state index is -0.493. The van der Waals surface area contributed by atoms with E-state index in [1.165, 1.54) is 0 Å². The number of nitrogens with zero attached hydrogens (tertiary/aromatic N) is 1. The van der Waals surface area contributed by atoms with Gasteiger partial charge in [0.15, 0.2) is 11.5 Å². The molecule has 1 heterocycles. The molecule has 154 valence electrons. The summed E-state index contributed by atoms with van der Waals surface area (Å²) >= 11 is 0. The van der Waals surface area contributed by atoms with Gasteiger partial charge in [0.25, 0.3) is 0 Å². The summed E-state index contributed by atoms with van der Waals surface area (Å²) in [7, 11) is 1.60. The Morgan fingerprint density at radius 3 is 2.45 bits per heavy atom. The summed E-state index contributed by atoms with van der Waals surface area (Å²) in [5, 5.41) is 2.68. The second-order valence-electron chi connectivity index (χ2n) is 7.02. The van der Waals surface area contributed by atoms with Crippen LogP contribution in [-0.2, 0) is 22.6 Å². The van der Waals surface area contributed by atoms with Gasteiger partial charge in [-0.15, -0.1) is 0 Å². The maximum Gasteiger partial charge on any atom is 0.242 e. The second kappa shape index (κ2) is 9.96. The first-order valence-electron chi connectivity index (χ1n) is 10.1. The summed E-state index contributed by atoms with van der Waals surface area (Å²) in [6.45, 7) is 3.42. The van der Waals surface area contributed by atoms with Crippen LogP contribution >= 0.6 is 0 Å². The molecule has 1 atom stereocenters. The molecule has 3 rings (SSSR count). The highest BCUT2D eigenvalue weighted by molar-refractivity contribution is 5.87. The van der Waals surface area contributed by atoms with Crippen LogP contribution in [0, 0.1) is 0 Å². The molecule has 2 aromatic carbocycles. The van der Waals surface area contributed by atoms with E-state index in [1.54, 1.807) is 11.9 Å². The fraction of sp³-hybridized carbons (Fsp3) is 0.391. The van der Waals surface area contributed by atoms with Gasteiger partial charge in [-0.3, -0.25) is 9.59 Å². The van der Waals surface area contributed by atoms with E-state index in [-0.39, 0.29) is 11.8 Å². The zero-order chi connectivity index (χ0) is 20.6.